The molecule has 0 bridgehead atoms. The van der Waals surface area contributed by atoms with Gasteiger partial charge in [-0.1, -0.05) is 58.2 Å². The van der Waals surface area contributed by atoms with Crippen molar-refractivity contribution in [1.82, 2.24) is 4.13 Å². The molecule has 0 aromatic heterocycles. The normalized spacial score (nSPS) is 14.5. The third-order valence-corrected chi connectivity index (χ3v) is 12.2. The van der Waals surface area contributed by atoms with Crippen LogP contribution in [0.25, 0.3) is 0 Å². The van der Waals surface area contributed by atoms with Crippen LogP contribution in [0.4, 0.5) is 79.0 Å². The fourth-order valence-electron chi connectivity index (χ4n) is 3.50. The second-order valence-corrected chi connectivity index (χ2v) is 15.9. The molecule has 1 N–H and O–H groups in total. The standard InChI is InChI=1S/C19H17S.C8HF18NO4S2/c1-16-12-14-19(15-13-16)20(17-8-4-2-5-9-17)18-10-6-3-7-11-18;9-1(10,5(17,18)19)3(13,14)7(23,24)32(28,29)27-33(30,31)8(25,26)4(15,16)2(11,12)6(20,21)22/h2-15H,1H3;27H/q+1;. The molecule has 0 fully saturated rings. The minimum Gasteiger partial charge on any atom is -0.205 e. The Balaban J connectivity index is 0.000000408. The van der Waals surface area contributed by atoms with E-state index in [1.165, 1.54) is 20.2 Å². The van der Waals surface area contributed by atoms with Crippen molar-refractivity contribution in [2.45, 2.75) is 68.2 Å². The van der Waals surface area contributed by atoms with E-state index in [2.05, 4.69) is 91.9 Å². The van der Waals surface area contributed by atoms with Crippen molar-refractivity contribution in [3.8, 4) is 0 Å². The number of rotatable bonds is 11. The van der Waals surface area contributed by atoms with Crippen LogP contribution in [-0.4, -0.2) is 63.4 Å². The van der Waals surface area contributed by atoms with Crippen LogP contribution in [0.2, 0.25) is 0 Å². The van der Waals surface area contributed by atoms with Crippen LogP contribution in [-0.2, 0) is 30.9 Å². The molecule has 53 heavy (non-hydrogen) atoms. The number of hydrogen-bond acceptors (Lipinski definition) is 4. The molecule has 0 spiro atoms. The maximum atomic E-state index is 13.2. The lowest BCUT2D eigenvalue weighted by Gasteiger charge is -2.34. The molecule has 3 aromatic carbocycles. The summed E-state index contributed by atoms with van der Waals surface area (Å²) in [6.45, 7) is 2.13. The maximum Gasteiger partial charge on any atom is 0.460 e. The van der Waals surface area contributed by atoms with Gasteiger partial charge in [0.15, 0.2) is 14.7 Å². The third-order valence-electron chi connectivity index (χ3n) is 6.34. The molecule has 0 saturated heterocycles. The number of alkyl halides is 18. The zero-order valence-electron chi connectivity index (χ0n) is 25.2. The number of halogens is 18. The molecule has 3 rings (SSSR count). The summed E-state index contributed by atoms with van der Waals surface area (Å²) in [6.07, 6.45) is -15.5. The second kappa shape index (κ2) is 14.7. The fourth-order valence-corrected chi connectivity index (χ4v) is 8.51. The van der Waals surface area contributed by atoms with Gasteiger partial charge in [0.2, 0.25) is 0 Å². The smallest absolute Gasteiger partial charge is 0.205 e. The van der Waals surface area contributed by atoms with Gasteiger partial charge in [0.1, 0.15) is 0 Å². The Bertz CT molecular complexity index is 1800. The van der Waals surface area contributed by atoms with E-state index in [9.17, 15) is 95.9 Å². The van der Waals surface area contributed by atoms with E-state index in [0.29, 0.717) is 0 Å². The van der Waals surface area contributed by atoms with Crippen molar-refractivity contribution < 1.29 is 95.9 Å². The fraction of sp³-hybridized carbons (Fsp3) is 0.333. The Hall–Kier alpha value is -3.39. The van der Waals surface area contributed by atoms with Crippen molar-refractivity contribution in [3.63, 3.8) is 0 Å². The summed E-state index contributed by atoms with van der Waals surface area (Å²) < 4.78 is 268. The molecule has 0 saturated carbocycles. The maximum absolute atomic E-state index is 13.2. The molecule has 0 aliphatic heterocycles. The molecular formula is C27H18F18NO4S3+. The van der Waals surface area contributed by atoms with Gasteiger partial charge in [0.05, 0.1) is 10.9 Å². The van der Waals surface area contributed by atoms with Gasteiger partial charge in [0, 0.05) is 0 Å². The second-order valence-electron chi connectivity index (χ2n) is 10.2. The summed E-state index contributed by atoms with van der Waals surface area (Å²) in [5.41, 5.74) is 1.30. The summed E-state index contributed by atoms with van der Waals surface area (Å²) in [5.74, 6) is -32.9. The van der Waals surface area contributed by atoms with Gasteiger partial charge in [-0.2, -0.15) is 79.0 Å². The van der Waals surface area contributed by atoms with Gasteiger partial charge in [-0.05, 0) is 43.3 Å². The highest BCUT2D eigenvalue weighted by Crippen LogP contribution is 2.57. The molecule has 298 valence electrons. The van der Waals surface area contributed by atoms with Gasteiger partial charge in [-0.3, -0.25) is 0 Å². The zero-order valence-corrected chi connectivity index (χ0v) is 27.7. The lowest BCUT2D eigenvalue weighted by Crippen LogP contribution is -2.68. The molecule has 3 aromatic rings. The lowest BCUT2D eigenvalue weighted by atomic mass is 10.1. The SMILES string of the molecule is Cc1ccc([S+](c2ccccc2)c2ccccc2)cc1.O=S(=O)(NS(=O)(=O)C(F)(F)C(F)(F)C(F)(F)C(F)(F)F)C(F)(F)C(F)(F)C(F)(F)C(F)(F)F. The molecule has 0 aliphatic carbocycles. The molecule has 0 amide bonds. The quantitative estimate of drug-likeness (QED) is 0.154. The van der Waals surface area contributed by atoms with Gasteiger partial charge in [0.25, 0.3) is 20.0 Å². The van der Waals surface area contributed by atoms with Crippen LogP contribution < -0.4 is 4.13 Å². The average Bonchev–Trinajstić information content (AvgIpc) is 3.01. The van der Waals surface area contributed by atoms with Crippen LogP contribution in [0.15, 0.2) is 99.6 Å². The number of aryl methyl sites for hydroxylation is 1. The van der Waals surface area contributed by atoms with E-state index < -0.39 is 70.7 Å². The first-order chi connectivity index (χ1) is 23.6. The van der Waals surface area contributed by atoms with Gasteiger partial charge in [-0.15, -0.1) is 0 Å². The lowest BCUT2D eigenvalue weighted by molar-refractivity contribution is -0.382. The van der Waals surface area contributed by atoms with Crippen molar-refractivity contribution in [2.75, 3.05) is 0 Å². The van der Waals surface area contributed by atoms with E-state index in [-0.39, 0.29) is 10.9 Å². The Morgan fingerprint density at radius 3 is 0.943 bits per heavy atom. The minimum absolute atomic E-state index is 0.0229. The summed E-state index contributed by atoms with van der Waals surface area (Å²) in [5, 5.41) is -16.3. The summed E-state index contributed by atoms with van der Waals surface area (Å²) in [4.78, 5) is 4.10. The molecular weight excluding hydrogens is 840 g/mol. The van der Waals surface area contributed by atoms with Crippen molar-refractivity contribution in [3.05, 3.63) is 90.5 Å². The van der Waals surface area contributed by atoms with E-state index >= 15 is 0 Å². The Kier molecular flexibility index (Phi) is 12.7. The number of nitrogens with one attached hydrogen (secondary N) is 1. The number of sulfonamides is 2. The molecule has 0 aliphatic rings. The van der Waals surface area contributed by atoms with Crippen LogP contribution in [0.3, 0.4) is 0 Å². The number of hydrogen-bond donors (Lipinski definition) is 1. The molecule has 0 radical (unpaired) electrons. The first-order valence-corrected chi connectivity index (χ1v) is 17.3. The van der Waals surface area contributed by atoms with E-state index in [0.717, 1.165) is 0 Å². The topological polar surface area (TPSA) is 80.3 Å². The van der Waals surface area contributed by atoms with Crippen LogP contribution >= 0.6 is 0 Å². The number of benzene rings is 3. The van der Waals surface area contributed by atoms with Gasteiger partial charge >= 0.3 is 46.6 Å². The van der Waals surface area contributed by atoms with E-state index in [1.54, 1.807) is 0 Å². The average molecular weight is 859 g/mol. The Morgan fingerprint density at radius 2 is 0.679 bits per heavy atom. The van der Waals surface area contributed by atoms with Crippen LogP contribution in [0.5, 0.6) is 0 Å². The predicted octanol–water partition coefficient (Wildman–Crippen LogP) is 9.18. The van der Waals surface area contributed by atoms with Crippen molar-refractivity contribution in [2.24, 2.45) is 0 Å². The third kappa shape index (κ3) is 8.33. The molecule has 0 atom stereocenters. The highest BCUT2D eigenvalue weighted by atomic mass is 32.3. The predicted molar refractivity (Wildman–Crippen MR) is 149 cm³/mol. The van der Waals surface area contributed by atoms with E-state index in [4.69, 9.17) is 0 Å². The molecule has 0 heterocycles. The molecule has 5 nitrogen and oxygen atoms in total. The highest BCUT2D eigenvalue weighted by molar-refractivity contribution is 8.05. The van der Waals surface area contributed by atoms with Gasteiger partial charge < -0.3 is 0 Å². The molecule has 26 heteroatoms. The van der Waals surface area contributed by atoms with Crippen molar-refractivity contribution in [1.29, 1.82) is 0 Å². The van der Waals surface area contributed by atoms with Crippen molar-refractivity contribution >= 4 is 30.9 Å². The van der Waals surface area contributed by atoms with Gasteiger partial charge in [-0.25, -0.2) is 16.8 Å². The van der Waals surface area contributed by atoms with Crippen LogP contribution in [0.1, 0.15) is 5.56 Å². The first kappa shape index (κ1) is 45.8. The Labute approximate surface area is 289 Å². The summed E-state index contributed by atoms with van der Waals surface area (Å²) in [6, 6.07) is 30.4. The molecule has 0 unspecified atom stereocenters. The largest absolute Gasteiger partial charge is 0.460 e. The van der Waals surface area contributed by atoms with E-state index in [1.807, 2.05) is 0 Å². The summed E-state index contributed by atoms with van der Waals surface area (Å²) in [7, 11) is -17.4. The Morgan fingerprint density at radius 1 is 0.415 bits per heavy atom. The first-order valence-electron chi connectivity index (χ1n) is 13.1. The van der Waals surface area contributed by atoms with Crippen LogP contribution in [0, 0.1) is 6.92 Å². The monoisotopic (exact) mass is 858 g/mol. The highest BCUT2D eigenvalue weighted by Gasteiger charge is 2.88. The minimum atomic E-state index is -8.68. The zero-order chi connectivity index (χ0) is 41.5. The summed E-state index contributed by atoms with van der Waals surface area (Å²) >= 11 is 0.